The normalized spacial score (nSPS) is 13.4. The van der Waals surface area contributed by atoms with Crippen molar-refractivity contribution in [3.63, 3.8) is 0 Å². The molecule has 3 aromatic rings. The molecule has 172 valence electrons. The molecule has 4 rings (SSSR count). The number of nitrogens with zero attached hydrogens (tertiary/aromatic N) is 2. The summed E-state index contributed by atoms with van der Waals surface area (Å²) in [5.41, 5.74) is 3.90. The van der Waals surface area contributed by atoms with Gasteiger partial charge in [0.05, 0.1) is 29.8 Å². The highest BCUT2D eigenvalue weighted by Crippen LogP contribution is 2.35. The summed E-state index contributed by atoms with van der Waals surface area (Å²) in [6.45, 7) is 3.97. The van der Waals surface area contributed by atoms with E-state index in [-0.39, 0.29) is 23.5 Å². The number of amides is 2. The summed E-state index contributed by atoms with van der Waals surface area (Å²) in [4.78, 5) is 38.7. The maximum absolute atomic E-state index is 13.5. The maximum atomic E-state index is 13.5. The molecule has 0 saturated heterocycles. The predicted molar refractivity (Wildman–Crippen MR) is 128 cm³/mol. The Morgan fingerprint density at radius 2 is 1.56 bits per heavy atom. The van der Waals surface area contributed by atoms with Crippen molar-refractivity contribution in [2.24, 2.45) is 0 Å². The lowest BCUT2D eigenvalue weighted by molar-refractivity contribution is -0.384. The number of nitro benzene ring substituents is 1. The van der Waals surface area contributed by atoms with Crippen LogP contribution in [0.1, 0.15) is 22.3 Å². The number of benzene rings is 3. The number of anilines is 1. The summed E-state index contributed by atoms with van der Waals surface area (Å²) >= 11 is 0. The third-order valence-corrected chi connectivity index (χ3v) is 5.61. The average molecular weight is 457 g/mol. The van der Waals surface area contributed by atoms with Gasteiger partial charge in [-0.15, -0.1) is 0 Å². The molecule has 0 bridgehead atoms. The van der Waals surface area contributed by atoms with Crippen LogP contribution in [-0.4, -0.2) is 28.7 Å². The van der Waals surface area contributed by atoms with Gasteiger partial charge in [-0.2, -0.15) is 0 Å². The smallest absolute Gasteiger partial charge is 0.278 e. The number of methoxy groups -OCH3 is 1. The van der Waals surface area contributed by atoms with Gasteiger partial charge in [0.25, 0.3) is 17.5 Å². The van der Waals surface area contributed by atoms with Crippen molar-refractivity contribution in [3.8, 4) is 5.75 Å². The molecule has 0 unspecified atom stereocenters. The zero-order valence-electron chi connectivity index (χ0n) is 19.0. The minimum Gasteiger partial charge on any atom is -0.495 e. The fourth-order valence-corrected chi connectivity index (χ4v) is 3.78. The van der Waals surface area contributed by atoms with Crippen molar-refractivity contribution in [3.05, 3.63) is 105 Å². The number of hydrogen-bond donors (Lipinski definition) is 1. The van der Waals surface area contributed by atoms with Crippen LogP contribution in [0.15, 0.2) is 72.4 Å². The molecule has 3 aromatic carbocycles. The topological polar surface area (TPSA) is 102 Å². The molecule has 1 aliphatic rings. The number of nitrogens with one attached hydrogen (secondary N) is 1. The standard InChI is InChI=1S/C26H23N3O5/c1-16-4-7-18(8-5-16)15-28-25(30)23(19-9-11-20(12-10-19)29(32)33)24(26(28)31)27-21-14-17(2)6-13-22(21)34-3/h4-14,27H,15H2,1-3H3. The molecule has 1 aliphatic heterocycles. The van der Waals surface area contributed by atoms with Crippen LogP contribution in [0.4, 0.5) is 11.4 Å². The third kappa shape index (κ3) is 4.38. The van der Waals surface area contributed by atoms with Crippen molar-refractivity contribution in [2.45, 2.75) is 20.4 Å². The Morgan fingerprint density at radius 3 is 2.18 bits per heavy atom. The van der Waals surface area contributed by atoms with E-state index in [9.17, 15) is 19.7 Å². The number of carbonyl (C=O) groups is 2. The van der Waals surface area contributed by atoms with Crippen molar-refractivity contribution in [2.75, 3.05) is 12.4 Å². The molecule has 0 radical (unpaired) electrons. The van der Waals surface area contributed by atoms with E-state index in [2.05, 4.69) is 5.32 Å². The van der Waals surface area contributed by atoms with E-state index < -0.39 is 16.7 Å². The summed E-state index contributed by atoms with van der Waals surface area (Å²) in [6, 6.07) is 18.6. The number of imide groups is 1. The van der Waals surface area contributed by atoms with Gasteiger partial charge in [-0.1, -0.05) is 35.9 Å². The largest absolute Gasteiger partial charge is 0.495 e. The van der Waals surface area contributed by atoms with E-state index in [1.54, 1.807) is 6.07 Å². The Hall–Kier alpha value is -4.46. The Morgan fingerprint density at radius 1 is 0.912 bits per heavy atom. The molecule has 8 nitrogen and oxygen atoms in total. The van der Waals surface area contributed by atoms with Gasteiger partial charge in [0.2, 0.25) is 0 Å². The second-order valence-electron chi connectivity index (χ2n) is 8.06. The van der Waals surface area contributed by atoms with Gasteiger partial charge in [0.1, 0.15) is 11.4 Å². The fraction of sp³-hybridized carbons (Fsp3) is 0.154. The van der Waals surface area contributed by atoms with E-state index in [0.717, 1.165) is 16.7 Å². The second-order valence-corrected chi connectivity index (χ2v) is 8.06. The van der Waals surface area contributed by atoms with E-state index in [4.69, 9.17) is 4.74 Å². The van der Waals surface area contributed by atoms with Gasteiger partial charge in [-0.25, -0.2) is 0 Å². The highest BCUT2D eigenvalue weighted by atomic mass is 16.6. The lowest BCUT2D eigenvalue weighted by atomic mass is 10.0. The molecular weight excluding hydrogens is 434 g/mol. The minimum atomic E-state index is -0.514. The number of hydrogen-bond acceptors (Lipinski definition) is 6. The Balaban J connectivity index is 1.78. The van der Waals surface area contributed by atoms with Crippen LogP contribution in [0.25, 0.3) is 5.57 Å². The zero-order chi connectivity index (χ0) is 24.4. The highest BCUT2D eigenvalue weighted by Gasteiger charge is 2.39. The Labute approximate surface area is 196 Å². The lowest BCUT2D eigenvalue weighted by Crippen LogP contribution is -2.32. The van der Waals surface area contributed by atoms with Crippen LogP contribution in [0.5, 0.6) is 5.75 Å². The van der Waals surface area contributed by atoms with Crippen molar-refractivity contribution < 1.29 is 19.2 Å². The van der Waals surface area contributed by atoms with Gasteiger partial charge < -0.3 is 10.1 Å². The molecule has 2 amide bonds. The van der Waals surface area contributed by atoms with E-state index >= 15 is 0 Å². The number of nitro groups is 1. The maximum Gasteiger partial charge on any atom is 0.278 e. The Kier molecular flexibility index (Phi) is 6.14. The van der Waals surface area contributed by atoms with Gasteiger partial charge in [0.15, 0.2) is 0 Å². The lowest BCUT2D eigenvalue weighted by Gasteiger charge is -2.16. The van der Waals surface area contributed by atoms with Gasteiger partial charge in [0, 0.05) is 12.1 Å². The molecule has 0 aliphatic carbocycles. The number of ether oxygens (including phenoxy) is 1. The molecular formula is C26H23N3O5. The van der Waals surface area contributed by atoms with Crippen LogP contribution in [0, 0.1) is 24.0 Å². The number of rotatable bonds is 7. The summed E-state index contributed by atoms with van der Waals surface area (Å²) < 4.78 is 5.42. The molecule has 0 fully saturated rings. The van der Waals surface area contributed by atoms with Crippen LogP contribution >= 0.6 is 0 Å². The van der Waals surface area contributed by atoms with Crippen LogP contribution in [-0.2, 0) is 16.1 Å². The summed E-state index contributed by atoms with van der Waals surface area (Å²) in [6.07, 6.45) is 0. The molecule has 0 aromatic heterocycles. The first-order valence-electron chi connectivity index (χ1n) is 10.6. The second kappa shape index (κ2) is 9.19. The average Bonchev–Trinajstić information content (AvgIpc) is 3.05. The first-order valence-corrected chi connectivity index (χ1v) is 10.6. The molecule has 8 heteroatoms. The SMILES string of the molecule is COc1ccc(C)cc1NC1=C(c2ccc([N+](=O)[O-])cc2)C(=O)N(Cc2ccc(C)cc2)C1=O. The monoisotopic (exact) mass is 457 g/mol. The van der Waals surface area contributed by atoms with Gasteiger partial charge >= 0.3 is 0 Å². The highest BCUT2D eigenvalue weighted by molar-refractivity contribution is 6.36. The van der Waals surface area contributed by atoms with E-state index in [1.165, 1.54) is 36.3 Å². The van der Waals surface area contributed by atoms with Gasteiger partial charge in [-0.05, 0) is 54.8 Å². The minimum absolute atomic E-state index is 0.0925. The molecule has 0 atom stereocenters. The number of non-ortho nitro benzene ring substituents is 1. The third-order valence-electron chi connectivity index (χ3n) is 5.61. The van der Waals surface area contributed by atoms with Crippen LogP contribution in [0.3, 0.4) is 0 Å². The van der Waals surface area contributed by atoms with Gasteiger partial charge in [-0.3, -0.25) is 24.6 Å². The summed E-state index contributed by atoms with van der Waals surface area (Å²) in [5.74, 6) is -0.450. The van der Waals surface area contributed by atoms with E-state index in [1.807, 2.05) is 50.2 Å². The quantitative estimate of drug-likeness (QED) is 0.316. The molecule has 1 heterocycles. The van der Waals surface area contributed by atoms with Crippen LogP contribution in [0.2, 0.25) is 0 Å². The van der Waals surface area contributed by atoms with Crippen molar-refractivity contribution in [1.29, 1.82) is 0 Å². The zero-order valence-corrected chi connectivity index (χ0v) is 19.0. The first kappa shape index (κ1) is 22.7. The van der Waals surface area contributed by atoms with Crippen molar-refractivity contribution in [1.82, 2.24) is 4.90 Å². The Bertz CT molecular complexity index is 1310. The first-order chi connectivity index (χ1) is 16.3. The number of aryl methyl sites for hydroxylation is 2. The molecule has 0 saturated carbocycles. The number of carbonyl (C=O) groups excluding carboxylic acids is 2. The van der Waals surface area contributed by atoms with Crippen LogP contribution < -0.4 is 10.1 Å². The van der Waals surface area contributed by atoms with Crippen molar-refractivity contribution >= 4 is 28.8 Å². The molecule has 34 heavy (non-hydrogen) atoms. The predicted octanol–water partition coefficient (Wildman–Crippen LogP) is 4.61. The molecule has 1 N–H and O–H groups in total. The summed E-state index contributed by atoms with van der Waals surface area (Å²) in [5, 5.41) is 14.2. The molecule has 0 spiro atoms. The summed E-state index contributed by atoms with van der Waals surface area (Å²) in [7, 11) is 1.52. The fourth-order valence-electron chi connectivity index (χ4n) is 3.78. The van der Waals surface area contributed by atoms with E-state index in [0.29, 0.717) is 17.0 Å².